The Balaban J connectivity index is 2.12. The van der Waals surface area contributed by atoms with Gasteiger partial charge >= 0.3 is 6.18 Å². The summed E-state index contributed by atoms with van der Waals surface area (Å²) < 4.78 is 50.0. The molecule has 0 radical (unpaired) electrons. The van der Waals surface area contributed by atoms with Crippen LogP contribution in [-0.4, -0.2) is 17.2 Å². The van der Waals surface area contributed by atoms with E-state index in [0.717, 1.165) is 6.07 Å². The van der Waals surface area contributed by atoms with Crippen molar-refractivity contribution in [1.82, 2.24) is 5.32 Å². The minimum Gasteiger partial charge on any atom is -0.466 e. The van der Waals surface area contributed by atoms with E-state index in [1.807, 2.05) is 0 Å². The number of nitrogens with one attached hydrogen (secondary N) is 1. The van der Waals surface area contributed by atoms with Crippen LogP contribution in [0.1, 0.15) is 35.0 Å². The highest BCUT2D eigenvalue weighted by Gasteiger charge is 2.58. The van der Waals surface area contributed by atoms with Crippen molar-refractivity contribution < 1.29 is 31.9 Å². The van der Waals surface area contributed by atoms with Crippen molar-refractivity contribution in [2.45, 2.75) is 45.5 Å². The summed E-state index contributed by atoms with van der Waals surface area (Å²) in [5, 5.41) is 12.4. The van der Waals surface area contributed by atoms with Gasteiger partial charge in [-0.15, -0.1) is 0 Å². The van der Waals surface area contributed by atoms with Crippen LogP contribution in [-0.2, 0) is 16.9 Å². The zero-order valence-corrected chi connectivity index (χ0v) is 13.5. The van der Waals surface area contributed by atoms with E-state index in [2.05, 4.69) is 5.32 Å². The number of furan rings is 2. The Labute approximate surface area is 136 Å². The largest absolute Gasteiger partial charge is 0.466 e. The second kappa shape index (κ2) is 6.35. The number of halogens is 3. The maximum Gasteiger partial charge on any atom is 0.425 e. The van der Waals surface area contributed by atoms with Crippen molar-refractivity contribution in [2.75, 3.05) is 0 Å². The summed E-state index contributed by atoms with van der Waals surface area (Å²) in [7, 11) is 0. The number of hydrogen-bond donors (Lipinski definition) is 2. The smallest absolute Gasteiger partial charge is 0.425 e. The summed E-state index contributed by atoms with van der Waals surface area (Å²) in [6, 6.07) is 3.99. The van der Waals surface area contributed by atoms with Crippen LogP contribution in [0.25, 0.3) is 0 Å². The Kier molecular flexibility index (Phi) is 4.80. The molecule has 0 saturated heterocycles. The number of aryl methyl sites for hydroxylation is 3. The molecule has 0 aliphatic carbocycles. The maximum absolute atomic E-state index is 13.3. The number of carbonyl (C=O) groups excluding carboxylic acids is 1. The molecule has 5 nitrogen and oxygen atoms in total. The highest BCUT2D eigenvalue weighted by Crippen LogP contribution is 2.42. The van der Waals surface area contributed by atoms with Gasteiger partial charge in [0.25, 0.3) is 0 Å². The molecular weight excluding hydrogens is 327 g/mol. The second-order valence-electron chi connectivity index (χ2n) is 5.66. The van der Waals surface area contributed by atoms with Gasteiger partial charge in [-0.1, -0.05) is 0 Å². The molecule has 2 N–H and O–H groups in total. The van der Waals surface area contributed by atoms with Crippen LogP contribution < -0.4 is 5.32 Å². The monoisotopic (exact) mass is 345 g/mol. The van der Waals surface area contributed by atoms with Crippen LogP contribution in [0.5, 0.6) is 0 Å². The Morgan fingerprint density at radius 1 is 1.17 bits per heavy atom. The van der Waals surface area contributed by atoms with E-state index in [4.69, 9.17) is 8.83 Å². The summed E-state index contributed by atoms with van der Waals surface area (Å²) in [4.78, 5) is 11.9. The fourth-order valence-electron chi connectivity index (χ4n) is 2.33. The molecule has 2 rings (SSSR count). The molecule has 0 saturated carbocycles. The molecule has 0 aromatic carbocycles. The first-order chi connectivity index (χ1) is 11.0. The predicted octanol–water partition coefficient (Wildman–Crippen LogP) is 3.25. The van der Waals surface area contributed by atoms with E-state index >= 15 is 0 Å². The number of rotatable bonds is 5. The van der Waals surface area contributed by atoms with Crippen molar-refractivity contribution in [3.05, 3.63) is 46.8 Å². The normalized spacial score (nSPS) is 14.5. The van der Waals surface area contributed by atoms with Crippen molar-refractivity contribution in [3.63, 3.8) is 0 Å². The van der Waals surface area contributed by atoms with E-state index in [1.54, 1.807) is 19.9 Å². The van der Waals surface area contributed by atoms with Crippen LogP contribution in [0.2, 0.25) is 0 Å². The van der Waals surface area contributed by atoms with Crippen molar-refractivity contribution in [1.29, 1.82) is 0 Å². The molecule has 24 heavy (non-hydrogen) atoms. The van der Waals surface area contributed by atoms with Gasteiger partial charge in [-0.3, -0.25) is 4.79 Å². The molecule has 0 bridgehead atoms. The topological polar surface area (TPSA) is 75.6 Å². The summed E-state index contributed by atoms with van der Waals surface area (Å²) in [6.07, 6.45) is -6.25. The van der Waals surface area contributed by atoms with Gasteiger partial charge in [-0.05, 0) is 39.0 Å². The number of hydrogen-bond acceptors (Lipinski definition) is 4. The standard InChI is InChI=1S/C16H18F3NO4/c1-9-4-5-13(24-9)15(22,16(17,18)19)7-14(21)20-8-12-6-10(2)23-11(12)3/h4-6,22H,7-8H2,1-3H3,(H,20,21). The van der Waals surface area contributed by atoms with E-state index in [9.17, 15) is 23.1 Å². The number of carbonyl (C=O) groups is 1. The molecule has 0 spiro atoms. The molecular formula is C16H18F3NO4. The SMILES string of the molecule is Cc1ccc(C(O)(CC(=O)NCc2cc(C)oc2C)C(F)(F)F)o1. The third-order valence-corrected chi connectivity index (χ3v) is 3.65. The van der Waals surface area contributed by atoms with E-state index in [0.29, 0.717) is 17.1 Å². The summed E-state index contributed by atoms with van der Waals surface area (Å²) in [5.74, 6) is -0.257. The van der Waals surface area contributed by atoms with Crippen molar-refractivity contribution in [3.8, 4) is 0 Å². The lowest BCUT2D eigenvalue weighted by Gasteiger charge is -2.27. The first kappa shape index (κ1) is 18.1. The minimum atomic E-state index is -5.06. The molecule has 132 valence electrons. The number of amides is 1. The van der Waals surface area contributed by atoms with Gasteiger partial charge in [0.1, 0.15) is 23.0 Å². The van der Waals surface area contributed by atoms with Gasteiger partial charge in [0.2, 0.25) is 11.5 Å². The van der Waals surface area contributed by atoms with Crippen LogP contribution in [0.4, 0.5) is 13.2 Å². The van der Waals surface area contributed by atoms with Crippen LogP contribution in [0.15, 0.2) is 27.0 Å². The molecule has 0 fully saturated rings. The average molecular weight is 345 g/mol. The highest BCUT2D eigenvalue weighted by molar-refractivity contribution is 5.77. The van der Waals surface area contributed by atoms with E-state index in [1.165, 1.54) is 13.0 Å². The number of alkyl halides is 3. The minimum absolute atomic E-state index is 0.00707. The Bertz CT molecular complexity index is 732. The molecule has 0 aliphatic heterocycles. The first-order valence-corrected chi connectivity index (χ1v) is 7.21. The third kappa shape index (κ3) is 3.64. The summed E-state index contributed by atoms with van der Waals surface area (Å²) in [6.45, 7) is 4.86. The third-order valence-electron chi connectivity index (χ3n) is 3.65. The van der Waals surface area contributed by atoms with Gasteiger partial charge in [0, 0.05) is 12.1 Å². The summed E-state index contributed by atoms with van der Waals surface area (Å²) in [5.41, 5.74) is -2.72. The van der Waals surface area contributed by atoms with Crippen LogP contribution in [0, 0.1) is 20.8 Å². The lowest BCUT2D eigenvalue weighted by atomic mass is 9.95. The van der Waals surface area contributed by atoms with Gasteiger partial charge in [-0.25, -0.2) is 0 Å². The Morgan fingerprint density at radius 3 is 2.29 bits per heavy atom. The molecule has 1 amide bonds. The fourth-order valence-corrected chi connectivity index (χ4v) is 2.33. The number of aliphatic hydroxyl groups is 1. The Hall–Kier alpha value is -2.22. The van der Waals surface area contributed by atoms with Crippen molar-refractivity contribution in [2.24, 2.45) is 0 Å². The van der Waals surface area contributed by atoms with Gasteiger partial charge in [0.15, 0.2) is 0 Å². The molecule has 2 aromatic rings. The van der Waals surface area contributed by atoms with Gasteiger partial charge in [-0.2, -0.15) is 13.2 Å². The van der Waals surface area contributed by atoms with Crippen LogP contribution in [0.3, 0.4) is 0 Å². The summed E-state index contributed by atoms with van der Waals surface area (Å²) >= 11 is 0. The van der Waals surface area contributed by atoms with Gasteiger partial charge < -0.3 is 19.3 Å². The van der Waals surface area contributed by atoms with Crippen molar-refractivity contribution >= 4 is 5.91 Å². The quantitative estimate of drug-likeness (QED) is 0.872. The molecule has 8 heteroatoms. The highest BCUT2D eigenvalue weighted by atomic mass is 19.4. The lowest BCUT2D eigenvalue weighted by molar-refractivity contribution is -0.273. The van der Waals surface area contributed by atoms with E-state index < -0.39 is 29.9 Å². The van der Waals surface area contributed by atoms with Crippen LogP contribution >= 0.6 is 0 Å². The lowest BCUT2D eigenvalue weighted by Crippen LogP contribution is -2.45. The zero-order chi connectivity index (χ0) is 18.1. The fraction of sp³-hybridized carbons (Fsp3) is 0.438. The van der Waals surface area contributed by atoms with E-state index in [-0.39, 0.29) is 12.3 Å². The predicted molar refractivity (Wildman–Crippen MR) is 78.0 cm³/mol. The molecule has 2 heterocycles. The molecule has 0 aliphatic rings. The molecule has 1 atom stereocenters. The zero-order valence-electron chi connectivity index (χ0n) is 13.5. The van der Waals surface area contributed by atoms with Gasteiger partial charge in [0.05, 0.1) is 6.42 Å². The molecule has 2 aromatic heterocycles. The average Bonchev–Trinajstić information content (AvgIpc) is 3.01. The molecule has 1 unspecified atom stereocenters. The maximum atomic E-state index is 13.3. The second-order valence-corrected chi connectivity index (χ2v) is 5.66. The Morgan fingerprint density at radius 2 is 1.83 bits per heavy atom. The first-order valence-electron chi connectivity index (χ1n) is 7.21.